The summed E-state index contributed by atoms with van der Waals surface area (Å²) in [5.41, 5.74) is 6.41. The predicted octanol–water partition coefficient (Wildman–Crippen LogP) is 2.84. The fraction of sp³-hybridized carbons (Fsp3) is 0.682. The van der Waals surface area contributed by atoms with Gasteiger partial charge in [-0.1, -0.05) is 31.9 Å². The molecule has 0 saturated carbocycles. The van der Waals surface area contributed by atoms with Gasteiger partial charge in [0, 0.05) is 6.42 Å². The van der Waals surface area contributed by atoms with Gasteiger partial charge in [0.2, 0.25) is 0 Å². The number of hydrogen-bond acceptors (Lipinski definition) is 8. The van der Waals surface area contributed by atoms with E-state index in [1.165, 1.54) is 0 Å². The first-order valence-corrected chi connectivity index (χ1v) is 10.7. The fourth-order valence-corrected chi connectivity index (χ4v) is 2.39. The first kappa shape index (κ1) is 26.2. The molecule has 0 bridgehead atoms. The van der Waals surface area contributed by atoms with Crippen molar-refractivity contribution >= 4 is 11.7 Å². The Kier molecular flexibility index (Phi) is 16.7. The summed E-state index contributed by atoms with van der Waals surface area (Å²) in [4.78, 5) is 11.4. The minimum absolute atomic E-state index is 0.155. The number of ether oxygens (including phenoxy) is 6. The van der Waals surface area contributed by atoms with Crippen LogP contribution in [0.1, 0.15) is 32.6 Å². The van der Waals surface area contributed by atoms with E-state index in [4.69, 9.17) is 34.2 Å². The van der Waals surface area contributed by atoms with Crippen molar-refractivity contribution in [2.45, 2.75) is 32.6 Å². The number of carbonyl (C=O) groups is 1. The summed E-state index contributed by atoms with van der Waals surface area (Å²) in [6.07, 6.45) is 3.52. The second-order valence-electron chi connectivity index (χ2n) is 6.51. The summed E-state index contributed by atoms with van der Waals surface area (Å²) in [5, 5.41) is 0. The number of nitrogen functional groups attached to an aromatic ring is 1. The molecule has 0 saturated heterocycles. The van der Waals surface area contributed by atoms with Crippen LogP contribution in [0, 0.1) is 0 Å². The third kappa shape index (κ3) is 15.0. The molecule has 0 fully saturated rings. The Morgan fingerprint density at radius 3 is 1.87 bits per heavy atom. The summed E-state index contributed by atoms with van der Waals surface area (Å²) >= 11 is 0. The van der Waals surface area contributed by atoms with Crippen molar-refractivity contribution < 1.29 is 33.2 Å². The molecule has 0 amide bonds. The Bertz CT molecular complexity index is 542. The molecule has 0 aromatic heterocycles. The molecule has 0 aliphatic heterocycles. The van der Waals surface area contributed by atoms with Crippen LogP contribution < -0.4 is 10.5 Å². The number of anilines is 1. The third-order valence-electron chi connectivity index (χ3n) is 4.00. The van der Waals surface area contributed by atoms with Crippen LogP contribution in [0.3, 0.4) is 0 Å². The van der Waals surface area contributed by atoms with Crippen molar-refractivity contribution in [2.75, 3.05) is 71.8 Å². The second-order valence-corrected chi connectivity index (χ2v) is 6.51. The Morgan fingerprint density at radius 2 is 1.30 bits per heavy atom. The topological polar surface area (TPSA) is 98.5 Å². The molecule has 0 heterocycles. The van der Waals surface area contributed by atoms with E-state index in [2.05, 4.69) is 6.92 Å². The van der Waals surface area contributed by atoms with Crippen molar-refractivity contribution in [1.82, 2.24) is 0 Å². The average molecular weight is 428 g/mol. The van der Waals surface area contributed by atoms with E-state index in [9.17, 15) is 4.79 Å². The molecule has 1 aromatic carbocycles. The lowest BCUT2D eigenvalue weighted by atomic mass is 10.2. The van der Waals surface area contributed by atoms with Gasteiger partial charge in [-0.2, -0.15) is 0 Å². The fourth-order valence-electron chi connectivity index (χ4n) is 2.39. The van der Waals surface area contributed by atoms with Crippen molar-refractivity contribution in [3.8, 4) is 5.75 Å². The second kappa shape index (κ2) is 19.1. The minimum Gasteiger partial charge on any atom is -0.489 e. The highest BCUT2D eigenvalue weighted by Gasteiger charge is 2.02. The molecule has 8 nitrogen and oxygen atoms in total. The summed E-state index contributed by atoms with van der Waals surface area (Å²) in [7, 11) is 0. The highest BCUT2D eigenvalue weighted by molar-refractivity contribution is 5.69. The normalized spacial score (nSPS) is 10.8. The third-order valence-corrected chi connectivity index (χ3v) is 4.00. The van der Waals surface area contributed by atoms with E-state index >= 15 is 0 Å². The number of nitrogens with two attached hydrogens (primary N) is 1. The zero-order valence-electron chi connectivity index (χ0n) is 18.1. The van der Waals surface area contributed by atoms with Gasteiger partial charge < -0.3 is 34.2 Å². The first-order chi connectivity index (χ1) is 14.7. The lowest BCUT2D eigenvalue weighted by molar-refractivity contribution is -0.145. The van der Waals surface area contributed by atoms with E-state index in [0.29, 0.717) is 77.3 Å². The summed E-state index contributed by atoms with van der Waals surface area (Å²) in [5.74, 6) is 0.514. The Labute approximate surface area is 179 Å². The van der Waals surface area contributed by atoms with Gasteiger partial charge in [0.05, 0.1) is 58.5 Å². The largest absolute Gasteiger partial charge is 0.489 e. The van der Waals surface area contributed by atoms with Gasteiger partial charge in [-0.3, -0.25) is 4.79 Å². The van der Waals surface area contributed by atoms with Gasteiger partial charge in [0.15, 0.2) is 0 Å². The average Bonchev–Trinajstić information content (AvgIpc) is 2.75. The Balaban J connectivity index is 1.74. The lowest BCUT2D eigenvalue weighted by Gasteiger charge is -2.09. The number of hydrogen-bond donors (Lipinski definition) is 1. The van der Waals surface area contributed by atoms with Gasteiger partial charge in [-0.25, -0.2) is 0 Å². The van der Waals surface area contributed by atoms with Gasteiger partial charge in [0.1, 0.15) is 19.0 Å². The number of carbonyl (C=O) groups excluding carboxylic acids is 1. The van der Waals surface area contributed by atoms with Crippen LogP contribution >= 0.6 is 0 Å². The highest BCUT2D eigenvalue weighted by Crippen LogP contribution is 2.19. The van der Waals surface area contributed by atoms with Crippen LogP contribution in [0.15, 0.2) is 24.3 Å². The van der Waals surface area contributed by atoms with Gasteiger partial charge in [-0.15, -0.1) is 0 Å². The van der Waals surface area contributed by atoms with Gasteiger partial charge in [0.25, 0.3) is 0 Å². The molecule has 1 rings (SSSR count). The predicted molar refractivity (Wildman–Crippen MR) is 115 cm³/mol. The molecule has 0 aliphatic carbocycles. The number of benzene rings is 1. The van der Waals surface area contributed by atoms with Gasteiger partial charge >= 0.3 is 5.97 Å². The lowest BCUT2D eigenvalue weighted by Crippen LogP contribution is -2.15. The molecule has 1 aromatic rings. The highest BCUT2D eigenvalue weighted by atomic mass is 16.6. The van der Waals surface area contributed by atoms with E-state index in [0.717, 1.165) is 19.3 Å². The van der Waals surface area contributed by atoms with Crippen LogP contribution in [-0.2, 0) is 28.5 Å². The van der Waals surface area contributed by atoms with E-state index in [-0.39, 0.29) is 12.6 Å². The maximum Gasteiger partial charge on any atom is 0.305 e. The van der Waals surface area contributed by atoms with Crippen LogP contribution in [0.25, 0.3) is 0 Å². The number of para-hydroxylation sites is 2. The van der Waals surface area contributed by atoms with Crippen molar-refractivity contribution in [2.24, 2.45) is 0 Å². The summed E-state index contributed by atoms with van der Waals surface area (Å²) in [6.45, 7) is 6.61. The SMILES string of the molecule is CCCCCC(=O)OCCOCCOCCOCCOCCOc1ccccc1N. The molecular weight excluding hydrogens is 390 g/mol. The maximum absolute atomic E-state index is 11.4. The zero-order chi connectivity index (χ0) is 21.7. The maximum atomic E-state index is 11.4. The van der Waals surface area contributed by atoms with Crippen LogP contribution in [-0.4, -0.2) is 72.0 Å². The number of unbranched alkanes of at least 4 members (excludes halogenated alkanes) is 2. The quantitative estimate of drug-likeness (QED) is 0.193. The van der Waals surface area contributed by atoms with Crippen molar-refractivity contribution in [1.29, 1.82) is 0 Å². The van der Waals surface area contributed by atoms with Crippen molar-refractivity contribution in [3.63, 3.8) is 0 Å². The monoisotopic (exact) mass is 427 g/mol. The molecule has 0 unspecified atom stereocenters. The summed E-state index contributed by atoms with van der Waals surface area (Å²) in [6, 6.07) is 7.36. The van der Waals surface area contributed by atoms with E-state index in [1.807, 2.05) is 18.2 Å². The number of esters is 1. The first-order valence-electron chi connectivity index (χ1n) is 10.7. The zero-order valence-corrected chi connectivity index (χ0v) is 18.1. The molecule has 0 radical (unpaired) electrons. The molecule has 0 aliphatic rings. The van der Waals surface area contributed by atoms with Crippen LogP contribution in [0.5, 0.6) is 5.75 Å². The standard InChI is InChI=1S/C22H37NO7/c1-2-3-4-9-22(24)30-19-17-28-15-13-26-11-10-25-12-14-27-16-18-29-21-8-6-5-7-20(21)23/h5-8H,2-4,9-19,23H2,1H3. The molecule has 30 heavy (non-hydrogen) atoms. The van der Waals surface area contributed by atoms with E-state index < -0.39 is 0 Å². The van der Waals surface area contributed by atoms with Crippen LogP contribution in [0.4, 0.5) is 5.69 Å². The molecule has 8 heteroatoms. The minimum atomic E-state index is -0.155. The Hall–Kier alpha value is -1.87. The smallest absolute Gasteiger partial charge is 0.305 e. The molecule has 0 atom stereocenters. The summed E-state index contributed by atoms with van der Waals surface area (Å²) < 4.78 is 32.2. The molecular formula is C22H37NO7. The molecule has 2 N–H and O–H groups in total. The molecule has 0 spiro atoms. The van der Waals surface area contributed by atoms with Crippen LogP contribution in [0.2, 0.25) is 0 Å². The molecule has 172 valence electrons. The van der Waals surface area contributed by atoms with E-state index in [1.54, 1.807) is 6.07 Å². The number of rotatable bonds is 20. The van der Waals surface area contributed by atoms with Gasteiger partial charge in [-0.05, 0) is 18.6 Å². The Morgan fingerprint density at radius 1 is 0.767 bits per heavy atom. The van der Waals surface area contributed by atoms with Crippen molar-refractivity contribution in [3.05, 3.63) is 24.3 Å².